The summed E-state index contributed by atoms with van der Waals surface area (Å²) in [5.74, 6) is 4.23. The smallest absolute Gasteiger partial charge is 0.207 e. The quantitative estimate of drug-likeness (QED) is 0.275. The van der Waals surface area contributed by atoms with Crippen molar-refractivity contribution in [3.05, 3.63) is 35.4 Å². The average Bonchev–Trinajstić information content (AvgIpc) is 3.00. The first-order chi connectivity index (χ1) is 19.9. The van der Waals surface area contributed by atoms with Crippen LogP contribution in [0, 0.1) is 22.7 Å². The molecule has 2 aliphatic rings. The molecule has 2 heterocycles. The van der Waals surface area contributed by atoms with Gasteiger partial charge in [-0.3, -0.25) is 4.90 Å². The molecule has 2 aromatic rings. The van der Waals surface area contributed by atoms with Crippen LogP contribution in [-0.2, 0) is 13.0 Å². The van der Waals surface area contributed by atoms with E-state index in [0.717, 1.165) is 60.5 Å². The molecule has 0 saturated carbocycles. The van der Waals surface area contributed by atoms with Crippen molar-refractivity contribution >= 4 is 0 Å². The van der Waals surface area contributed by atoms with Crippen LogP contribution in [-0.4, -0.2) is 58.1 Å². The third kappa shape index (κ3) is 5.88. The molecule has 41 heavy (non-hydrogen) atoms. The zero-order valence-electron chi connectivity index (χ0n) is 25.7. The first kappa shape index (κ1) is 30.6. The fourth-order valence-corrected chi connectivity index (χ4v) is 6.43. The van der Waals surface area contributed by atoms with Crippen LogP contribution >= 0.6 is 0 Å². The van der Waals surface area contributed by atoms with E-state index < -0.39 is 5.41 Å². The van der Waals surface area contributed by atoms with Crippen LogP contribution < -0.4 is 28.4 Å². The first-order valence-electron chi connectivity index (χ1n) is 14.9. The van der Waals surface area contributed by atoms with Crippen LogP contribution in [0.15, 0.2) is 24.3 Å². The minimum atomic E-state index is -0.650. The number of likely N-dealkylation sites (N-methyl/N-ethyl adjacent to an activating group) is 1. The van der Waals surface area contributed by atoms with Gasteiger partial charge < -0.3 is 28.4 Å². The number of hydrogen-bond donors (Lipinski definition) is 0. The Morgan fingerprint density at radius 2 is 1.63 bits per heavy atom. The largest absolute Gasteiger partial charge is 0.490 e. The second-order valence-corrected chi connectivity index (χ2v) is 11.0. The number of para-hydroxylation sites is 2. The number of nitriles is 1. The lowest BCUT2D eigenvalue weighted by Gasteiger charge is -2.42. The number of methoxy groups -OCH3 is 2. The van der Waals surface area contributed by atoms with E-state index in [0.29, 0.717) is 43.6 Å². The predicted molar refractivity (Wildman–Crippen MR) is 159 cm³/mol. The van der Waals surface area contributed by atoms with Gasteiger partial charge in [0.15, 0.2) is 29.1 Å². The molecular weight excluding hydrogens is 520 g/mol. The van der Waals surface area contributed by atoms with Crippen LogP contribution in [0.5, 0.6) is 34.5 Å². The average molecular weight is 567 g/mol. The van der Waals surface area contributed by atoms with Gasteiger partial charge in [0.25, 0.3) is 0 Å². The monoisotopic (exact) mass is 566 g/mol. The zero-order valence-corrected chi connectivity index (χ0v) is 25.7. The minimum absolute atomic E-state index is 0.159. The second kappa shape index (κ2) is 13.6. The van der Waals surface area contributed by atoms with Crippen LogP contribution in [0.1, 0.15) is 64.5 Å². The van der Waals surface area contributed by atoms with Crippen molar-refractivity contribution in [1.82, 2.24) is 4.90 Å². The molecule has 0 fully saturated rings. The Kier molecular flexibility index (Phi) is 10.1. The molecule has 0 amide bonds. The van der Waals surface area contributed by atoms with Crippen molar-refractivity contribution in [3.63, 3.8) is 0 Å². The van der Waals surface area contributed by atoms with Gasteiger partial charge in [0.05, 0.1) is 33.5 Å². The van der Waals surface area contributed by atoms with E-state index in [1.54, 1.807) is 14.2 Å². The minimum Gasteiger partial charge on any atom is -0.490 e. The number of rotatable bonds is 13. The fourth-order valence-electron chi connectivity index (χ4n) is 6.43. The Morgan fingerprint density at radius 3 is 2.22 bits per heavy atom. The molecule has 224 valence electrons. The lowest BCUT2D eigenvalue weighted by atomic mass is 9.68. The Hall–Kier alpha value is -3.31. The number of hydrogen-bond acceptors (Lipinski definition) is 8. The molecule has 8 heteroatoms. The third-order valence-corrected chi connectivity index (χ3v) is 8.90. The van der Waals surface area contributed by atoms with Gasteiger partial charge in [0, 0.05) is 23.7 Å². The lowest BCUT2D eigenvalue weighted by Crippen LogP contribution is -2.48. The Morgan fingerprint density at radius 1 is 1.00 bits per heavy atom. The highest BCUT2D eigenvalue weighted by Gasteiger charge is 2.47. The van der Waals surface area contributed by atoms with Gasteiger partial charge in [-0.25, -0.2) is 0 Å². The molecule has 8 nitrogen and oxygen atoms in total. The van der Waals surface area contributed by atoms with E-state index in [-0.39, 0.29) is 18.1 Å². The highest BCUT2D eigenvalue weighted by atomic mass is 16.6. The van der Waals surface area contributed by atoms with Crippen molar-refractivity contribution in [2.24, 2.45) is 11.3 Å². The summed E-state index contributed by atoms with van der Waals surface area (Å²) in [4.78, 5) is 2.38. The lowest BCUT2D eigenvalue weighted by molar-refractivity contribution is -0.0166. The molecule has 0 N–H and O–H groups in total. The summed E-state index contributed by atoms with van der Waals surface area (Å²) in [6.45, 7) is 10.4. The third-order valence-electron chi connectivity index (χ3n) is 8.90. The molecule has 0 aliphatic carbocycles. The predicted octanol–water partition coefficient (Wildman–Crippen LogP) is 6.42. The summed E-state index contributed by atoms with van der Waals surface area (Å²) in [6.07, 6.45) is 3.92. The van der Waals surface area contributed by atoms with Gasteiger partial charge in [-0.15, -0.1) is 0 Å². The molecule has 0 saturated heterocycles. The Labute approximate surface area is 245 Å². The molecule has 4 rings (SSSR count). The molecule has 2 aliphatic heterocycles. The highest BCUT2D eigenvalue weighted by molar-refractivity contribution is 5.68. The maximum absolute atomic E-state index is 10.6. The number of benzene rings is 2. The van der Waals surface area contributed by atoms with E-state index in [1.807, 2.05) is 38.1 Å². The topological polar surface area (TPSA) is 82.4 Å². The molecule has 0 bridgehead atoms. The molecule has 4 unspecified atom stereocenters. The van der Waals surface area contributed by atoms with E-state index in [9.17, 15) is 5.26 Å². The summed E-state index contributed by atoms with van der Waals surface area (Å²) < 4.78 is 36.3. The molecule has 2 aromatic carbocycles. The molecule has 0 radical (unpaired) electrons. The molecule has 4 atom stereocenters. The van der Waals surface area contributed by atoms with Gasteiger partial charge in [-0.05, 0) is 58.2 Å². The van der Waals surface area contributed by atoms with Gasteiger partial charge in [-0.2, -0.15) is 5.26 Å². The summed E-state index contributed by atoms with van der Waals surface area (Å²) in [5.41, 5.74) is 1.55. The number of nitrogens with zero attached hydrogens (tertiary/aromatic N) is 2. The summed E-state index contributed by atoms with van der Waals surface area (Å²) >= 11 is 0. The van der Waals surface area contributed by atoms with Crippen molar-refractivity contribution in [2.75, 3.05) is 41.1 Å². The fraction of sp³-hybridized carbons (Fsp3) is 0.606. The number of fused-ring (bicyclic) bond motifs is 2. The van der Waals surface area contributed by atoms with Gasteiger partial charge >= 0.3 is 0 Å². The van der Waals surface area contributed by atoms with E-state index in [2.05, 4.69) is 31.9 Å². The maximum Gasteiger partial charge on any atom is 0.207 e. The maximum atomic E-state index is 10.6. The van der Waals surface area contributed by atoms with Gasteiger partial charge in [0.2, 0.25) is 11.5 Å². The van der Waals surface area contributed by atoms with E-state index >= 15 is 0 Å². The van der Waals surface area contributed by atoms with E-state index in [4.69, 9.17) is 28.4 Å². The van der Waals surface area contributed by atoms with Gasteiger partial charge in [0.1, 0.15) is 12.0 Å². The van der Waals surface area contributed by atoms with Crippen LogP contribution in [0.2, 0.25) is 0 Å². The SMILES string of the molecule is CCOc1c2c(c(OCC)c(OC)c1OC)CN(C)C(CCCC(C#N)(C(C)CC)C1COc3ccccc3O1)C2. The highest BCUT2D eigenvalue weighted by Crippen LogP contribution is 2.52. The van der Waals surface area contributed by atoms with Crippen LogP contribution in [0.4, 0.5) is 0 Å². The Bertz CT molecular complexity index is 1230. The van der Waals surface area contributed by atoms with Crippen LogP contribution in [0.25, 0.3) is 0 Å². The summed E-state index contributed by atoms with van der Waals surface area (Å²) in [5, 5.41) is 10.6. The van der Waals surface area contributed by atoms with Crippen molar-refractivity contribution < 1.29 is 28.4 Å². The van der Waals surface area contributed by atoms with Crippen molar-refractivity contribution in [3.8, 4) is 40.6 Å². The standard InChI is InChI=1S/C33H46N2O6/c1-8-22(4)33(21-34,28-20-40-26-15-11-12-16-27(26)41-28)17-13-14-23-18-24-25(19-35(23)5)30(39-10-3)32(37-7)31(36-6)29(24)38-9-2/h11-12,15-16,22-23,28H,8-10,13-14,17-20H2,1-7H3. The normalized spacial score (nSPS) is 20.2. The molecule has 0 aromatic heterocycles. The number of ether oxygens (including phenoxy) is 6. The zero-order chi connectivity index (χ0) is 29.6. The van der Waals surface area contributed by atoms with Crippen LogP contribution in [0.3, 0.4) is 0 Å². The van der Waals surface area contributed by atoms with E-state index in [1.165, 1.54) is 0 Å². The second-order valence-electron chi connectivity index (χ2n) is 11.0. The summed E-state index contributed by atoms with van der Waals surface area (Å²) in [7, 11) is 5.43. The molecule has 0 spiro atoms. The first-order valence-corrected chi connectivity index (χ1v) is 14.9. The molecular formula is C33H46N2O6. The Balaban J connectivity index is 1.58. The summed E-state index contributed by atoms with van der Waals surface area (Å²) in [6, 6.07) is 10.7. The van der Waals surface area contributed by atoms with Crippen molar-refractivity contribution in [2.45, 2.75) is 78.5 Å². The van der Waals surface area contributed by atoms with Crippen molar-refractivity contribution in [1.29, 1.82) is 5.26 Å². The van der Waals surface area contributed by atoms with Gasteiger partial charge in [-0.1, -0.05) is 38.8 Å².